The fourth-order valence-electron chi connectivity index (χ4n) is 2.01. The molecule has 0 radical (unpaired) electrons. The van der Waals surface area contributed by atoms with Crippen LogP contribution in [0.5, 0.6) is 0 Å². The number of nitrogens with one attached hydrogen (secondary N) is 1. The molecule has 0 bridgehead atoms. The largest absolute Gasteiger partial charge is 0.481 e. The van der Waals surface area contributed by atoms with E-state index in [4.69, 9.17) is 5.11 Å². The van der Waals surface area contributed by atoms with Crippen LogP contribution in [0.15, 0.2) is 12.2 Å². The van der Waals surface area contributed by atoms with E-state index in [2.05, 4.69) is 5.32 Å². The van der Waals surface area contributed by atoms with Gasteiger partial charge in [-0.1, -0.05) is 12.2 Å². The Kier molecular flexibility index (Phi) is 5.38. The van der Waals surface area contributed by atoms with E-state index in [1.54, 1.807) is 12.2 Å². The maximum absolute atomic E-state index is 11.9. The fourth-order valence-corrected chi connectivity index (χ4v) is 2.01. The Morgan fingerprint density at radius 2 is 1.79 bits per heavy atom. The van der Waals surface area contributed by atoms with Gasteiger partial charge in [-0.25, -0.2) is 0 Å². The molecule has 0 aromatic heterocycles. The van der Waals surface area contributed by atoms with Crippen molar-refractivity contribution in [1.29, 1.82) is 0 Å². The van der Waals surface area contributed by atoms with Crippen molar-refractivity contribution in [1.82, 2.24) is 5.32 Å². The minimum absolute atomic E-state index is 0.0924. The molecular formula is C12H16F3NO3. The van der Waals surface area contributed by atoms with Gasteiger partial charge in [-0.05, 0) is 19.3 Å². The van der Waals surface area contributed by atoms with Gasteiger partial charge in [0.2, 0.25) is 5.91 Å². The summed E-state index contributed by atoms with van der Waals surface area (Å²) in [5.74, 6) is -3.04. The summed E-state index contributed by atoms with van der Waals surface area (Å²) >= 11 is 0. The highest BCUT2D eigenvalue weighted by atomic mass is 19.4. The predicted molar refractivity (Wildman–Crippen MR) is 61.3 cm³/mol. The van der Waals surface area contributed by atoms with Crippen LogP contribution in [-0.4, -0.2) is 29.7 Å². The smallest absolute Gasteiger partial charge is 0.389 e. The second kappa shape index (κ2) is 6.58. The van der Waals surface area contributed by atoms with Crippen molar-refractivity contribution in [3.63, 3.8) is 0 Å². The number of carboxylic acids is 1. The number of amides is 1. The topological polar surface area (TPSA) is 66.4 Å². The zero-order valence-electron chi connectivity index (χ0n) is 10.2. The molecule has 7 heteroatoms. The molecule has 2 N–H and O–H groups in total. The van der Waals surface area contributed by atoms with Crippen LogP contribution in [0, 0.1) is 11.8 Å². The number of hydrogen-bond donors (Lipinski definition) is 2. The first-order valence-corrected chi connectivity index (χ1v) is 6.03. The summed E-state index contributed by atoms with van der Waals surface area (Å²) in [7, 11) is 0. The van der Waals surface area contributed by atoms with Crippen molar-refractivity contribution in [2.45, 2.75) is 31.9 Å². The van der Waals surface area contributed by atoms with Gasteiger partial charge in [0.1, 0.15) is 0 Å². The standard InChI is InChI=1S/C12H16F3NO3/c13-12(14,15)6-3-7-16-10(17)8-4-1-2-5-9(8)11(18)19/h1-2,8-9H,3-7H2,(H,16,17)(H,18,19). The first kappa shape index (κ1) is 15.5. The quantitative estimate of drug-likeness (QED) is 0.598. The van der Waals surface area contributed by atoms with Gasteiger partial charge >= 0.3 is 12.1 Å². The minimum Gasteiger partial charge on any atom is -0.481 e. The van der Waals surface area contributed by atoms with E-state index in [0.29, 0.717) is 6.42 Å². The van der Waals surface area contributed by atoms with Crippen molar-refractivity contribution in [3.05, 3.63) is 12.2 Å². The predicted octanol–water partition coefficient (Wildman–Crippen LogP) is 2.11. The third-order valence-electron chi connectivity index (χ3n) is 3.02. The van der Waals surface area contributed by atoms with Crippen molar-refractivity contribution < 1.29 is 27.9 Å². The van der Waals surface area contributed by atoms with E-state index < -0.39 is 36.3 Å². The van der Waals surface area contributed by atoms with Gasteiger partial charge < -0.3 is 10.4 Å². The summed E-state index contributed by atoms with van der Waals surface area (Å²) < 4.78 is 35.7. The molecule has 1 aliphatic rings. The number of halogens is 3. The lowest BCUT2D eigenvalue weighted by atomic mass is 9.82. The van der Waals surface area contributed by atoms with Gasteiger partial charge in [-0.2, -0.15) is 13.2 Å². The first-order chi connectivity index (χ1) is 8.81. The normalized spacial score (nSPS) is 23.1. The molecule has 108 valence electrons. The Morgan fingerprint density at radius 3 is 2.32 bits per heavy atom. The summed E-state index contributed by atoms with van der Waals surface area (Å²) in [6, 6.07) is 0. The van der Waals surface area contributed by atoms with E-state index in [0.717, 1.165) is 0 Å². The molecule has 0 spiro atoms. The summed E-state index contributed by atoms with van der Waals surface area (Å²) in [4.78, 5) is 22.7. The highest BCUT2D eigenvalue weighted by molar-refractivity contribution is 5.85. The summed E-state index contributed by atoms with van der Waals surface area (Å²) in [5.41, 5.74) is 0. The van der Waals surface area contributed by atoms with E-state index in [-0.39, 0.29) is 19.4 Å². The van der Waals surface area contributed by atoms with Crippen LogP contribution in [0.4, 0.5) is 13.2 Å². The average molecular weight is 279 g/mol. The molecule has 0 saturated carbocycles. The lowest BCUT2D eigenvalue weighted by Gasteiger charge is -2.24. The van der Waals surface area contributed by atoms with Gasteiger partial charge in [0.25, 0.3) is 0 Å². The molecule has 4 nitrogen and oxygen atoms in total. The average Bonchev–Trinajstić information content (AvgIpc) is 2.33. The van der Waals surface area contributed by atoms with Crippen LogP contribution in [0.2, 0.25) is 0 Å². The SMILES string of the molecule is O=C(O)C1CC=CCC1C(=O)NCCCC(F)(F)F. The Labute approximate surface area is 108 Å². The van der Waals surface area contributed by atoms with E-state index in [1.807, 2.05) is 0 Å². The molecule has 0 heterocycles. The highest BCUT2D eigenvalue weighted by Gasteiger charge is 2.34. The van der Waals surface area contributed by atoms with Crippen LogP contribution < -0.4 is 5.32 Å². The number of carboxylic acid groups (broad SMARTS) is 1. The number of carbonyl (C=O) groups is 2. The van der Waals surface area contributed by atoms with Gasteiger partial charge in [0.15, 0.2) is 0 Å². The third kappa shape index (κ3) is 5.32. The summed E-state index contributed by atoms with van der Waals surface area (Å²) in [6.45, 7) is -0.0924. The van der Waals surface area contributed by atoms with Gasteiger partial charge in [0.05, 0.1) is 11.8 Å². The Hall–Kier alpha value is -1.53. The number of allylic oxidation sites excluding steroid dienone is 2. The van der Waals surface area contributed by atoms with Crippen LogP contribution >= 0.6 is 0 Å². The molecule has 19 heavy (non-hydrogen) atoms. The zero-order valence-corrected chi connectivity index (χ0v) is 10.2. The molecule has 0 aromatic rings. The molecule has 1 aliphatic carbocycles. The Morgan fingerprint density at radius 1 is 1.21 bits per heavy atom. The van der Waals surface area contributed by atoms with E-state index in [9.17, 15) is 22.8 Å². The molecular weight excluding hydrogens is 263 g/mol. The molecule has 0 aromatic carbocycles. The Balaban J connectivity index is 2.40. The number of rotatable bonds is 5. The van der Waals surface area contributed by atoms with Crippen LogP contribution in [0.1, 0.15) is 25.7 Å². The number of aliphatic carboxylic acids is 1. The summed E-state index contributed by atoms with van der Waals surface area (Å²) in [6.07, 6.45) is -1.39. The lowest BCUT2D eigenvalue weighted by Crippen LogP contribution is -2.39. The third-order valence-corrected chi connectivity index (χ3v) is 3.02. The second-order valence-electron chi connectivity index (χ2n) is 4.50. The second-order valence-corrected chi connectivity index (χ2v) is 4.50. The van der Waals surface area contributed by atoms with Crippen LogP contribution in [-0.2, 0) is 9.59 Å². The lowest BCUT2D eigenvalue weighted by molar-refractivity contribution is -0.147. The van der Waals surface area contributed by atoms with Crippen molar-refractivity contribution in [2.24, 2.45) is 11.8 Å². The van der Waals surface area contributed by atoms with E-state index in [1.165, 1.54) is 0 Å². The van der Waals surface area contributed by atoms with Gasteiger partial charge in [-0.15, -0.1) is 0 Å². The molecule has 1 amide bonds. The molecule has 2 atom stereocenters. The molecule has 0 aliphatic heterocycles. The number of hydrogen-bond acceptors (Lipinski definition) is 2. The fraction of sp³-hybridized carbons (Fsp3) is 0.667. The maximum atomic E-state index is 11.9. The van der Waals surface area contributed by atoms with E-state index >= 15 is 0 Å². The molecule has 2 unspecified atom stereocenters. The molecule has 1 rings (SSSR count). The van der Waals surface area contributed by atoms with Crippen molar-refractivity contribution in [2.75, 3.05) is 6.54 Å². The van der Waals surface area contributed by atoms with Crippen LogP contribution in [0.3, 0.4) is 0 Å². The number of alkyl halides is 3. The molecule has 0 fully saturated rings. The summed E-state index contributed by atoms with van der Waals surface area (Å²) in [5, 5.41) is 11.3. The van der Waals surface area contributed by atoms with Crippen LogP contribution in [0.25, 0.3) is 0 Å². The van der Waals surface area contributed by atoms with Gasteiger partial charge in [0, 0.05) is 13.0 Å². The highest BCUT2D eigenvalue weighted by Crippen LogP contribution is 2.26. The molecule has 0 saturated heterocycles. The van der Waals surface area contributed by atoms with Gasteiger partial charge in [-0.3, -0.25) is 9.59 Å². The first-order valence-electron chi connectivity index (χ1n) is 6.03. The van der Waals surface area contributed by atoms with Crippen molar-refractivity contribution in [3.8, 4) is 0 Å². The minimum atomic E-state index is -4.23. The Bertz CT molecular complexity index is 366. The number of carbonyl (C=O) groups excluding carboxylic acids is 1. The maximum Gasteiger partial charge on any atom is 0.389 e. The monoisotopic (exact) mass is 279 g/mol. The zero-order chi connectivity index (χ0) is 14.5. The van der Waals surface area contributed by atoms with Crippen molar-refractivity contribution >= 4 is 11.9 Å².